The standard InChI is InChI=1S/C27H33ClN6O2/c1-36-15-5-10-25(35)34-13-11-33(12-14-34)20-7-4-6-19(16-20)31-27-30-18-23(28)26(32-27)22-17-29-24-9-3-2-8-21(22)24/h2-3,5,8-10,17-20,29H,4,6-7,11-16H2,1H3,(H,30,31,32)/b10-5+/t19-,20+/m1/s1. The third-order valence-electron chi connectivity index (χ3n) is 7.23. The molecule has 3 heterocycles. The number of benzene rings is 1. The minimum atomic E-state index is 0.0702. The Balaban J connectivity index is 1.20. The fourth-order valence-corrected chi connectivity index (χ4v) is 5.55. The largest absolute Gasteiger partial charge is 0.381 e. The zero-order valence-electron chi connectivity index (χ0n) is 20.6. The number of amides is 1. The van der Waals surface area contributed by atoms with Gasteiger partial charge in [-0.05, 0) is 31.7 Å². The number of nitrogens with zero attached hydrogens (tertiary/aromatic N) is 4. The zero-order valence-corrected chi connectivity index (χ0v) is 21.4. The summed E-state index contributed by atoms with van der Waals surface area (Å²) in [5.74, 6) is 0.685. The maximum Gasteiger partial charge on any atom is 0.246 e. The van der Waals surface area contributed by atoms with Crippen LogP contribution in [0.15, 0.2) is 48.8 Å². The maximum atomic E-state index is 12.3. The van der Waals surface area contributed by atoms with E-state index in [0.29, 0.717) is 29.7 Å². The minimum Gasteiger partial charge on any atom is -0.381 e. The van der Waals surface area contributed by atoms with Crippen LogP contribution < -0.4 is 5.32 Å². The number of fused-ring (bicyclic) bond motifs is 1. The summed E-state index contributed by atoms with van der Waals surface area (Å²) in [5.41, 5.74) is 2.77. The first-order valence-corrected chi connectivity index (χ1v) is 13.0. The number of H-pyrrole nitrogens is 1. The number of para-hydroxylation sites is 1. The summed E-state index contributed by atoms with van der Waals surface area (Å²) in [6.07, 6.45) is 11.5. The Labute approximate surface area is 216 Å². The highest BCUT2D eigenvalue weighted by molar-refractivity contribution is 6.33. The van der Waals surface area contributed by atoms with E-state index in [4.69, 9.17) is 21.3 Å². The molecule has 9 heteroatoms. The SMILES string of the molecule is COC/C=C/C(=O)N1CCN([C@H]2CCC[C@@H](Nc3ncc(Cl)c(-c4c[nH]c5ccccc45)n3)C2)CC1. The van der Waals surface area contributed by atoms with Crippen molar-refractivity contribution in [2.45, 2.75) is 37.8 Å². The molecule has 0 radical (unpaired) electrons. The van der Waals surface area contributed by atoms with Gasteiger partial charge in [0, 0.05) is 74.1 Å². The van der Waals surface area contributed by atoms with E-state index in [0.717, 1.165) is 67.6 Å². The van der Waals surface area contributed by atoms with Gasteiger partial charge >= 0.3 is 0 Å². The van der Waals surface area contributed by atoms with Gasteiger partial charge in [0.05, 0.1) is 23.5 Å². The number of halogens is 1. The van der Waals surface area contributed by atoms with Crippen molar-refractivity contribution in [2.75, 3.05) is 45.2 Å². The second-order valence-corrected chi connectivity index (χ2v) is 9.93. The summed E-state index contributed by atoms with van der Waals surface area (Å²) in [6.45, 7) is 3.80. The molecule has 1 aromatic carbocycles. The van der Waals surface area contributed by atoms with Crippen molar-refractivity contribution in [2.24, 2.45) is 0 Å². The van der Waals surface area contributed by atoms with Gasteiger partial charge in [-0.2, -0.15) is 0 Å². The van der Waals surface area contributed by atoms with Gasteiger partial charge in [-0.15, -0.1) is 0 Å². The third-order valence-corrected chi connectivity index (χ3v) is 7.51. The number of hydrogen-bond donors (Lipinski definition) is 2. The summed E-state index contributed by atoms with van der Waals surface area (Å²) in [7, 11) is 1.63. The summed E-state index contributed by atoms with van der Waals surface area (Å²) in [5, 5.41) is 5.21. The summed E-state index contributed by atoms with van der Waals surface area (Å²) >= 11 is 6.51. The summed E-state index contributed by atoms with van der Waals surface area (Å²) in [6, 6.07) is 8.94. The van der Waals surface area contributed by atoms with Crippen LogP contribution in [0.4, 0.5) is 5.95 Å². The van der Waals surface area contributed by atoms with Gasteiger partial charge in [-0.3, -0.25) is 9.69 Å². The molecule has 1 saturated carbocycles. The number of rotatable bonds is 7. The van der Waals surface area contributed by atoms with Crippen LogP contribution in [0.25, 0.3) is 22.2 Å². The molecule has 1 saturated heterocycles. The average Bonchev–Trinajstić information content (AvgIpc) is 3.34. The number of carbonyl (C=O) groups is 1. The highest BCUT2D eigenvalue weighted by Gasteiger charge is 2.30. The highest BCUT2D eigenvalue weighted by atomic mass is 35.5. The van der Waals surface area contributed by atoms with Gasteiger partial charge in [0.25, 0.3) is 0 Å². The maximum absolute atomic E-state index is 12.3. The molecule has 0 unspecified atom stereocenters. The van der Waals surface area contributed by atoms with Crippen molar-refractivity contribution in [3.63, 3.8) is 0 Å². The molecule has 0 bridgehead atoms. The molecule has 1 aliphatic carbocycles. The van der Waals surface area contributed by atoms with Crippen LogP contribution in [0.1, 0.15) is 25.7 Å². The Bertz CT molecular complexity index is 1220. The van der Waals surface area contributed by atoms with Crippen LogP contribution in [-0.4, -0.2) is 82.6 Å². The predicted octanol–water partition coefficient (Wildman–Crippen LogP) is 4.35. The van der Waals surface area contributed by atoms with E-state index in [1.807, 2.05) is 29.3 Å². The first-order chi connectivity index (χ1) is 17.6. The molecule has 1 aliphatic heterocycles. The first kappa shape index (κ1) is 24.7. The Kier molecular flexibility index (Phi) is 7.84. The number of anilines is 1. The van der Waals surface area contributed by atoms with Crippen LogP contribution >= 0.6 is 11.6 Å². The minimum absolute atomic E-state index is 0.0702. The van der Waals surface area contributed by atoms with Gasteiger partial charge in [0.2, 0.25) is 11.9 Å². The fraction of sp³-hybridized carbons (Fsp3) is 0.444. The lowest BCUT2D eigenvalue weighted by atomic mass is 9.89. The number of hydrogen-bond acceptors (Lipinski definition) is 6. The van der Waals surface area contributed by atoms with Gasteiger partial charge in [0.15, 0.2) is 0 Å². The van der Waals surface area contributed by atoms with E-state index >= 15 is 0 Å². The molecule has 8 nitrogen and oxygen atoms in total. The van der Waals surface area contributed by atoms with Crippen molar-refractivity contribution < 1.29 is 9.53 Å². The van der Waals surface area contributed by atoms with E-state index in [1.165, 1.54) is 6.42 Å². The fourth-order valence-electron chi connectivity index (χ4n) is 5.36. The zero-order chi connectivity index (χ0) is 24.9. The Morgan fingerprint density at radius 1 is 1.25 bits per heavy atom. The van der Waals surface area contributed by atoms with Crippen LogP contribution in [-0.2, 0) is 9.53 Å². The lowest BCUT2D eigenvalue weighted by molar-refractivity contribution is -0.128. The summed E-state index contributed by atoms with van der Waals surface area (Å²) in [4.78, 5) is 29.4. The number of aromatic amines is 1. The molecular formula is C27H33ClN6O2. The molecule has 1 amide bonds. The van der Waals surface area contributed by atoms with Crippen LogP contribution in [0, 0.1) is 0 Å². The van der Waals surface area contributed by atoms with Crippen LogP contribution in [0.2, 0.25) is 5.02 Å². The molecule has 2 atom stereocenters. The van der Waals surface area contributed by atoms with Crippen LogP contribution in [0.5, 0.6) is 0 Å². The third kappa shape index (κ3) is 5.56. The van der Waals surface area contributed by atoms with Gasteiger partial charge in [-0.25, -0.2) is 9.97 Å². The lowest BCUT2D eigenvalue weighted by Crippen LogP contribution is -2.53. The van der Waals surface area contributed by atoms with Gasteiger partial charge in [0.1, 0.15) is 0 Å². The topological polar surface area (TPSA) is 86.4 Å². The van der Waals surface area contributed by atoms with Crippen molar-refractivity contribution in [3.8, 4) is 11.3 Å². The normalized spacial score (nSPS) is 21.3. The monoisotopic (exact) mass is 508 g/mol. The van der Waals surface area contributed by atoms with E-state index < -0.39 is 0 Å². The molecule has 2 aromatic heterocycles. The van der Waals surface area contributed by atoms with Gasteiger partial charge < -0.3 is 19.9 Å². The molecule has 2 aliphatic rings. The molecular weight excluding hydrogens is 476 g/mol. The van der Waals surface area contributed by atoms with Gasteiger partial charge in [-0.1, -0.05) is 35.9 Å². The lowest BCUT2D eigenvalue weighted by Gasteiger charge is -2.42. The number of carbonyl (C=O) groups excluding carboxylic acids is 1. The predicted molar refractivity (Wildman–Crippen MR) is 143 cm³/mol. The number of methoxy groups -OCH3 is 1. The second-order valence-electron chi connectivity index (χ2n) is 9.52. The number of aromatic nitrogens is 3. The molecule has 190 valence electrons. The molecule has 2 fully saturated rings. The van der Waals surface area contributed by atoms with E-state index in [1.54, 1.807) is 25.5 Å². The Hall–Kier alpha value is -2.94. The number of piperazine rings is 1. The van der Waals surface area contributed by atoms with Crippen molar-refractivity contribution in [1.29, 1.82) is 0 Å². The number of nitrogens with one attached hydrogen (secondary N) is 2. The summed E-state index contributed by atoms with van der Waals surface area (Å²) < 4.78 is 4.99. The quantitative estimate of drug-likeness (QED) is 0.461. The first-order valence-electron chi connectivity index (χ1n) is 12.7. The molecule has 2 N–H and O–H groups in total. The highest BCUT2D eigenvalue weighted by Crippen LogP contribution is 2.33. The average molecular weight is 509 g/mol. The van der Waals surface area contributed by atoms with E-state index in [2.05, 4.69) is 26.3 Å². The van der Waals surface area contributed by atoms with E-state index in [-0.39, 0.29) is 5.91 Å². The van der Waals surface area contributed by atoms with Crippen molar-refractivity contribution >= 4 is 34.4 Å². The second kappa shape index (κ2) is 11.4. The Morgan fingerprint density at radius 2 is 2.08 bits per heavy atom. The molecule has 0 spiro atoms. The van der Waals surface area contributed by atoms with Crippen molar-refractivity contribution in [3.05, 3.63) is 53.8 Å². The van der Waals surface area contributed by atoms with Crippen molar-refractivity contribution in [1.82, 2.24) is 24.8 Å². The molecule has 36 heavy (non-hydrogen) atoms. The smallest absolute Gasteiger partial charge is 0.246 e. The molecule has 3 aromatic rings. The van der Waals surface area contributed by atoms with Crippen LogP contribution in [0.3, 0.4) is 0 Å². The Morgan fingerprint density at radius 3 is 2.92 bits per heavy atom. The molecule has 5 rings (SSSR count). The number of ether oxygens (including phenoxy) is 1. The van der Waals surface area contributed by atoms with E-state index in [9.17, 15) is 4.79 Å².